The van der Waals surface area contributed by atoms with Crippen LogP contribution in [0.5, 0.6) is 0 Å². The maximum atomic E-state index is 12.9. The van der Waals surface area contributed by atoms with Crippen molar-refractivity contribution in [1.29, 1.82) is 0 Å². The Hall–Kier alpha value is -2.61. The first-order valence-corrected chi connectivity index (χ1v) is 9.93. The van der Waals surface area contributed by atoms with Gasteiger partial charge in [-0.3, -0.25) is 4.79 Å². The molecule has 8 heteroatoms. The molecule has 2 aliphatic rings. The van der Waals surface area contributed by atoms with E-state index in [2.05, 4.69) is 0 Å². The van der Waals surface area contributed by atoms with Gasteiger partial charge in [0.2, 0.25) is 5.76 Å². The highest BCUT2D eigenvalue weighted by molar-refractivity contribution is 6.21. The standard InChI is InChI=1S/C21H26O8/c1-4-25-20(23)12(3)28-13-6-7-14-18(10-13)27-11-15(19(14)22)16-8-9-17(29-16)21(24)26-5-2/h8-9,11-14,18H,4-7,10H2,1-3H3. The number of esters is 2. The second-order valence-corrected chi connectivity index (χ2v) is 7.03. The van der Waals surface area contributed by atoms with Crippen molar-refractivity contribution < 1.29 is 37.7 Å². The van der Waals surface area contributed by atoms with Gasteiger partial charge in [0.25, 0.3) is 0 Å². The fourth-order valence-corrected chi connectivity index (χ4v) is 3.66. The number of allylic oxidation sites excluding steroid dienone is 1. The van der Waals surface area contributed by atoms with Crippen LogP contribution in [0.3, 0.4) is 0 Å². The number of ether oxygens (including phenoxy) is 4. The van der Waals surface area contributed by atoms with Crippen LogP contribution in [-0.4, -0.2) is 49.2 Å². The van der Waals surface area contributed by atoms with Gasteiger partial charge in [0.05, 0.1) is 37.1 Å². The van der Waals surface area contributed by atoms with Crippen molar-refractivity contribution in [3.05, 3.63) is 29.9 Å². The normalized spacial score (nSPS) is 24.7. The third-order valence-corrected chi connectivity index (χ3v) is 5.07. The zero-order valence-electron chi connectivity index (χ0n) is 16.8. The maximum Gasteiger partial charge on any atom is 0.374 e. The fourth-order valence-electron chi connectivity index (χ4n) is 3.66. The van der Waals surface area contributed by atoms with Crippen molar-refractivity contribution >= 4 is 23.3 Å². The van der Waals surface area contributed by atoms with Gasteiger partial charge in [-0.2, -0.15) is 0 Å². The summed E-state index contributed by atoms with van der Waals surface area (Å²) in [5.74, 6) is -1.04. The summed E-state index contributed by atoms with van der Waals surface area (Å²) in [5, 5.41) is 0. The molecule has 0 spiro atoms. The van der Waals surface area contributed by atoms with E-state index < -0.39 is 18.0 Å². The van der Waals surface area contributed by atoms with Crippen molar-refractivity contribution in [2.75, 3.05) is 13.2 Å². The molecule has 158 valence electrons. The van der Waals surface area contributed by atoms with E-state index >= 15 is 0 Å². The van der Waals surface area contributed by atoms with Gasteiger partial charge < -0.3 is 23.4 Å². The molecule has 0 amide bonds. The second-order valence-electron chi connectivity index (χ2n) is 7.03. The molecule has 1 aliphatic carbocycles. The highest BCUT2D eigenvalue weighted by Crippen LogP contribution is 2.37. The molecule has 8 nitrogen and oxygen atoms in total. The van der Waals surface area contributed by atoms with Gasteiger partial charge in [-0.1, -0.05) is 0 Å². The molecule has 4 atom stereocenters. The SMILES string of the molecule is CCOC(=O)c1ccc(C2=COC3CC(OC(C)C(=O)OCC)CCC3C2=O)o1. The average Bonchev–Trinajstić information content (AvgIpc) is 3.18. The number of furan rings is 1. The highest BCUT2D eigenvalue weighted by Gasteiger charge is 2.42. The Morgan fingerprint density at radius 3 is 2.66 bits per heavy atom. The summed E-state index contributed by atoms with van der Waals surface area (Å²) >= 11 is 0. The molecule has 0 N–H and O–H groups in total. The molecule has 29 heavy (non-hydrogen) atoms. The first-order chi connectivity index (χ1) is 13.9. The van der Waals surface area contributed by atoms with Crippen molar-refractivity contribution in [3.63, 3.8) is 0 Å². The minimum absolute atomic E-state index is 0.0442. The number of fused-ring (bicyclic) bond motifs is 1. The Labute approximate surface area is 169 Å². The summed E-state index contributed by atoms with van der Waals surface area (Å²) < 4.78 is 27.0. The lowest BCUT2D eigenvalue weighted by atomic mass is 9.78. The Kier molecular flexibility index (Phi) is 6.74. The first kappa shape index (κ1) is 21.1. The minimum Gasteiger partial charge on any atom is -0.496 e. The fraction of sp³-hybridized carbons (Fsp3) is 0.571. The van der Waals surface area contributed by atoms with Crippen LogP contribution in [-0.2, 0) is 28.5 Å². The molecule has 1 aliphatic heterocycles. The van der Waals surface area contributed by atoms with Gasteiger partial charge in [0.1, 0.15) is 11.9 Å². The lowest BCUT2D eigenvalue weighted by Gasteiger charge is -2.37. The lowest BCUT2D eigenvalue weighted by molar-refractivity contribution is -0.163. The van der Waals surface area contributed by atoms with Crippen molar-refractivity contribution in [1.82, 2.24) is 0 Å². The summed E-state index contributed by atoms with van der Waals surface area (Å²) in [6, 6.07) is 3.05. The first-order valence-electron chi connectivity index (χ1n) is 9.93. The van der Waals surface area contributed by atoms with Crippen LogP contribution >= 0.6 is 0 Å². The van der Waals surface area contributed by atoms with Crippen LogP contribution in [0.15, 0.2) is 22.8 Å². The van der Waals surface area contributed by atoms with Crippen molar-refractivity contribution in [2.24, 2.45) is 5.92 Å². The van der Waals surface area contributed by atoms with Gasteiger partial charge in [-0.05, 0) is 45.7 Å². The van der Waals surface area contributed by atoms with E-state index in [9.17, 15) is 14.4 Å². The molecular weight excluding hydrogens is 380 g/mol. The number of carbonyl (C=O) groups is 3. The molecule has 2 heterocycles. The number of Topliss-reactive ketones (excluding diaryl/α,β-unsaturated/α-hetero) is 1. The van der Waals surface area contributed by atoms with E-state index in [1.165, 1.54) is 12.3 Å². The van der Waals surface area contributed by atoms with Gasteiger partial charge in [0.15, 0.2) is 11.9 Å². The highest BCUT2D eigenvalue weighted by atomic mass is 16.6. The summed E-state index contributed by atoms with van der Waals surface area (Å²) in [6.07, 6.45) is 1.94. The van der Waals surface area contributed by atoms with E-state index in [0.29, 0.717) is 31.4 Å². The number of hydrogen-bond donors (Lipinski definition) is 0. The molecule has 0 aromatic carbocycles. The molecule has 1 aromatic rings. The van der Waals surface area contributed by atoms with Gasteiger partial charge in [0, 0.05) is 6.42 Å². The van der Waals surface area contributed by atoms with E-state index in [-0.39, 0.29) is 42.0 Å². The molecule has 1 aromatic heterocycles. The third kappa shape index (κ3) is 4.70. The zero-order chi connectivity index (χ0) is 21.0. The number of rotatable bonds is 7. The van der Waals surface area contributed by atoms with Crippen LogP contribution in [0.25, 0.3) is 5.57 Å². The Bertz CT molecular complexity index is 792. The lowest BCUT2D eigenvalue weighted by Crippen LogP contribution is -2.42. The maximum absolute atomic E-state index is 12.9. The van der Waals surface area contributed by atoms with Gasteiger partial charge >= 0.3 is 11.9 Å². The number of carbonyl (C=O) groups excluding carboxylic acids is 3. The van der Waals surface area contributed by atoms with E-state index in [1.807, 2.05) is 0 Å². The Morgan fingerprint density at radius 1 is 1.17 bits per heavy atom. The van der Waals surface area contributed by atoms with Crippen LogP contribution in [0.4, 0.5) is 0 Å². The molecule has 1 saturated carbocycles. The predicted molar refractivity (Wildman–Crippen MR) is 101 cm³/mol. The minimum atomic E-state index is -0.661. The Morgan fingerprint density at radius 2 is 1.93 bits per heavy atom. The summed E-state index contributed by atoms with van der Waals surface area (Å²) in [7, 11) is 0. The molecule has 0 radical (unpaired) electrons. The average molecular weight is 406 g/mol. The van der Waals surface area contributed by atoms with E-state index in [0.717, 1.165) is 0 Å². The van der Waals surface area contributed by atoms with Gasteiger partial charge in [-0.25, -0.2) is 9.59 Å². The van der Waals surface area contributed by atoms with Gasteiger partial charge in [-0.15, -0.1) is 0 Å². The third-order valence-electron chi connectivity index (χ3n) is 5.07. The summed E-state index contributed by atoms with van der Waals surface area (Å²) in [5.41, 5.74) is 0.307. The number of ketones is 1. The molecule has 0 saturated heterocycles. The predicted octanol–water partition coefficient (Wildman–Crippen LogP) is 2.90. The Balaban J connectivity index is 1.64. The van der Waals surface area contributed by atoms with Crippen LogP contribution in [0, 0.1) is 5.92 Å². The van der Waals surface area contributed by atoms with Crippen LogP contribution in [0.1, 0.15) is 56.3 Å². The monoisotopic (exact) mass is 406 g/mol. The topological polar surface area (TPSA) is 101 Å². The van der Waals surface area contributed by atoms with Crippen molar-refractivity contribution in [3.8, 4) is 0 Å². The smallest absolute Gasteiger partial charge is 0.374 e. The zero-order valence-corrected chi connectivity index (χ0v) is 16.8. The summed E-state index contributed by atoms with van der Waals surface area (Å²) in [4.78, 5) is 36.5. The molecule has 1 fully saturated rings. The molecular formula is C21H26O8. The molecule has 3 rings (SSSR count). The molecule has 4 unspecified atom stereocenters. The van der Waals surface area contributed by atoms with Crippen molar-refractivity contribution in [2.45, 2.75) is 58.3 Å². The number of hydrogen-bond acceptors (Lipinski definition) is 8. The van der Waals surface area contributed by atoms with Crippen LogP contribution < -0.4 is 0 Å². The largest absolute Gasteiger partial charge is 0.496 e. The summed E-state index contributed by atoms with van der Waals surface area (Å²) in [6.45, 7) is 5.65. The second kappa shape index (κ2) is 9.26. The quantitative estimate of drug-likeness (QED) is 0.637. The van der Waals surface area contributed by atoms with E-state index in [1.54, 1.807) is 26.8 Å². The van der Waals surface area contributed by atoms with Crippen LogP contribution in [0.2, 0.25) is 0 Å². The molecule has 0 bridgehead atoms. The van der Waals surface area contributed by atoms with E-state index in [4.69, 9.17) is 23.4 Å².